The zero-order chi connectivity index (χ0) is 20.7. The number of benzene rings is 2. The summed E-state index contributed by atoms with van der Waals surface area (Å²) in [6, 6.07) is 7.54. The van der Waals surface area contributed by atoms with Crippen LogP contribution in [0.5, 0.6) is 17.2 Å². The molecule has 0 spiro atoms. The van der Waals surface area contributed by atoms with Gasteiger partial charge in [0.15, 0.2) is 18.1 Å². The van der Waals surface area contributed by atoms with Crippen molar-refractivity contribution in [3.05, 3.63) is 51.0 Å². The van der Waals surface area contributed by atoms with Gasteiger partial charge in [-0.05, 0) is 35.9 Å². The minimum atomic E-state index is -0.592. The molecule has 0 saturated heterocycles. The Morgan fingerprint density at radius 3 is 2.71 bits per heavy atom. The van der Waals surface area contributed by atoms with Crippen LogP contribution in [0.15, 0.2) is 39.9 Å². The molecule has 0 radical (unpaired) electrons. The Bertz CT molecular complexity index is 919. The van der Waals surface area contributed by atoms with Crippen LogP contribution in [0.1, 0.15) is 15.9 Å². The van der Waals surface area contributed by atoms with Crippen molar-refractivity contribution in [1.29, 1.82) is 0 Å². The van der Waals surface area contributed by atoms with Gasteiger partial charge in [-0.25, -0.2) is 10.2 Å². The first-order valence-electron chi connectivity index (χ1n) is 7.74. The van der Waals surface area contributed by atoms with Crippen LogP contribution < -0.4 is 14.9 Å². The molecule has 8 nitrogen and oxygen atoms in total. The number of nitrogens with zero attached hydrogens (tertiary/aromatic N) is 1. The number of phenolic OH excluding ortho intramolecular Hbond substituents is 1. The van der Waals surface area contributed by atoms with Crippen molar-refractivity contribution in [2.24, 2.45) is 5.10 Å². The van der Waals surface area contributed by atoms with E-state index in [2.05, 4.69) is 31.2 Å². The highest BCUT2D eigenvalue weighted by Crippen LogP contribution is 2.36. The second-order valence-corrected chi connectivity index (χ2v) is 6.58. The molecule has 0 aliphatic rings. The van der Waals surface area contributed by atoms with Crippen LogP contribution in [0.3, 0.4) is 0 Å². The number of nitrogens with one attached hydrogen (secondary N) is 1. The van der Waals surface area contributed by atoms with Crippen molar-refractivity contribution in [2.45, 2.75) is 0 Å². The van der Waals surface area contributed by atoms with Gasteiger partial charge in [0.1, 0.15) is 5.75 Å². The monoisotopic (exact) mass is 470 g/mol. The maximum Gasteiger partial charge on any atom is 0.343 e. The Kier molecular flexibility index (Phi) is 7.65. The number of aromatic hydroxyl groups is 1. The highest BCUT2D eigenvalue weighted by atomic mass is 79.9. The van der Waals surface area contributed by atoms with Crippen molar-refractivity contribution in [3.63, 3.8) is 0 Å². The first-order valence-corrected chi connectivity index (χ1v) is 8.92. The fourth-order valence-corrected chi connectivity index (χ4v) is 2.69. The lowest BCUT2D eigenvalue weighted by Gasteiger charge is -2.12. The lowest BCUT2D eigenvalue weighted by atomic mass is 10.2. The quantitative estimate of drug-likeness (QED) is 0.365. The molecule has 28 heavy (non-hydrogen) atoms. The lowest BCUT2D eigenvalue weighted by Crippen LogP contribution is -2.17. The number of methoxy groups -OCH3 is 2. The molecule has 1 amide bonds. The topological polar surface area (TPSA) is 106 Å². The summed E-state index contributed by atoms with van der Waals surface area (Å²) < 4.78 is 15.7. The standard InChI is InChI=1S/C18H16BrClN2O6/c1-26-15-6-10(5-13(20)17(15)28-9-16(24)27-2)8-21-22-18(25)12-7-11(19)3-4-14(12)23/h3-8,23H,9H2,1-2H3,(H,22,25)/b21-8-. The van der Waals surface area contributed by atoms with Crippen LogP contribution in [-0.4, -0.2) is 44.0 Å². The van der Waals surface area contributed by atoms with Crippen LogP contribution in [-0.2, 0) is 9.53 Å². The molecule has 10 heteroatoms. The number of esters is 1. The summed E-state index contributed by atoms with van der Waals surface area (Å²) in [6.07, 6.45) is 1.34. The van der Waals surface area contributed by atoms with E-state index in [1.807, 2.05) is 0 Å². The second-order valence-electron chi connectivity index (χ2n) is 5.26. The van der Waals surface area contributed by atoms with Crippen molar-refractivity contribution < 1.29 is 28.9 Å². The molecule has 0 unspecified atom stereocenters. The summed E-state index contributed by atoms with van der Waals surface area (Å²) in [5.74, 6) is -0.884. The fraction of sp³-hybridized carbons (Fsp3) is 0.167. The van der Waals surface area contributed by atoms with Gasteiger partial charge in [-0.3, -0.25) is 4.79 Å². The summed E-state index contributed by atoms with van der Waals surface area (Å²) in [6.45, 7) is -0.327. The van der Waals surface area contributed by atoms with Crippen molar-refractivity contribution in [2.75, 3.05) is 20.8 Å². The molecule has 2 aromatic carbocycles. The van der Waals surface area contributed by atoms with Gasteiger partial charge in [0.2, 0.25) is 0 Å². The normalized spacial score (nSPS) is 10.6. The van der Waals surface area contributed by atoms with E-state index in [1.165, 1.54) is 38.6 Å². The number of hydrazone groups is 1. The average molecular weight is 472 g/mol. The Morgan fingerprint density at radius 2 is 2.04 bits per heavy atom. The molecule has 2 rings (SSSR count). The molecule has 0 bridgehead atoms. The first kappa shape index (κ1) is 21.5. The summed E-state index contributed by atoms with van der Waals surface area (Å²) in [4.78, 5) is 23.3. The Balaban J connectivity index is 2.13. The molecule has 2 N–H and O–H groups in total. The van der Waals surface area contributed by atoms with Crippen LogP contribution in [0, 0.1) is 0 Å². The van der Waals surface area contributed by atoms with E-state index in [-0.39, 0.29) is 34.4 Å². The number of carbonyl (C=O) groups is 2. The van der Waals surface area contributed by atoms with E-state index in [0.717, 1.165) is 0 Å². The summed E-state index contributed by atoms with van der Waals surface area (Å²) in [5.41, 5.74) is 2.88. The van der Waals surface area contributed by atoms with Gasteiger partial charge in [0, 0.05) is 4.47 Å². The van der Waals surface area contributed by atoms with Gasteiger partial charge in [-0.1, -0.05) is 27.5 Å². The Hall–Kier alpha value is -2.78. The molecule has 0 fully saturated rings. The number of halogens is 2. The Labute approximate surface area is 174 Å². The zero-order valence-corrected chi connectivity index (χ0v) is 17.2. The maximum absolute atomic E-state index is 12.1. The van der Waals surface area contributed by atoms with E-state index >= 15 is 0 Å². The van der Waals surface area contributed by atoms with E-state index in [9.17, 15) is 14.7 Å². The minimum absolute atomic E-state index is 0.0636. The average Bonchev–Trinajstić information content (AvgIpc) is 2.68. The molecule has 0 atom stereocenters. The van der Waals surface area contributed by atoms with Crippen molar-refractivity contribution in [3.8, 4) is 17.2 Å². The summed E-state index contributed by atoms with van der Waals surface area (Å²) in [5, 5.41) is 13.8. The number of carbonyl (C=O) groups excluding carboxylic acids is 2. The molecule has 0 aliphatic carbocycles. The van der Waals surface area contributed by atoms with Gasteiger partial charge >= 0.3 is 5.97 Å². The number of phenols is 1. The van der Waals surface area contributed by atoms with Gasteiger partial charge in [-0.2, -0.15) is 5.10 Å². The van der Waals surface area contributed by atoms with Crippen molar-refractivity contribution >= 4 is 45.6 Å². The van der Waals surface area contributed by atoms with E-state index in [0.29, 0.717) is 10.0 Å². The van der Waals surface area contributed by atoms with Gasteiger partial charge in [0.05, 0.1) is 31.0 Å². The van der Waals surface area contributed by atoms with Crippen LogP contribution in [0.2, 0.25) is 5.02 Å². The van der Waals surface area contributed by atoms with E-state index in [1.54, 1.807) is 12.1 Å². The highest BCUT2D eigenvalue weighted by molar-refractivity contribution is 9.10. The number of rotatable bonds is 7. The molecule has 0 aliphatic heterocycles. The summed E-state index contributed by atoms with van der Waals surface area (Å²) >= 11 is 9.40. The number of hydrogen-bond acceptors (Lipinski definition) is 7. The molecule has 0 aromatic heterocycles. The van der Waals surface area contributed by atoms with Gasteiger partial charge in [0.25, 0.3) is 5.91 Å². The minimum Gasteiger partial charge on any atom is -0.507 e. The Morgan fingerprint density at radius 1 is 1.29 bits per heavy atom. The van der Waals surface area contributed by atoms with Gasteiger partial charge in [-0.15, -0.1) is 0 Å². The molecule has 0 heterocycles. The predicted octanol–water partition coefficient (Wildman–Crippen LogP) is 3.13. The third kappa shape index (κ3) is 5.61. The smallest absolute Gasteiger partial charge is 0.343 e. The molecule has 148 valence electrons. The van der Waals surface area contributed by atoms with Crippen molar-refractivity contribution in [1.82, 2.24) is 5.43 Å². The largest absolute Gasteiger partial charge is 0.507 e. The highest BCUT2D eigenvalue weighted by Gasteiger charge is 2.14. The fourth-order valence-electron chi connectivity index (χ4n) is 2.06. The van der Waals surface area contributed by atoms with Gasteiger partial charge < -0.3 is 19.3 Å². The number of ether oxygens (including phenoxy) is 3. The van der Waals surface area contributed by atoms with E-state index < -0.39 is 11.9 Å². The molecule has 2 aromatic rings. The van der Waals surface area contributed by atoms with E-state index in [4.69, 9.17) is 21.1 Å². The van der Waals surface area contributed by atoms with Crippen LogP contribution >= 0.6 is 27.5 Å². The molecular weight excluding hydrogens is 456 g/mol. The third-order valence-corrected chi connectivity index (χ3v) is 4.17. The predicted molar refractivity (Wildman–Crippen MR) is 106 cm³/mol. The number of hydrogen-bond donors (Lipinski definition) is 2. The second kappa shape index (κ2) is 9.95. The maximum atomic E-state index is 12.1. The first-order chi connectivity index (χ1) is 13.3. The van der Waals surface area contributed by atoms with Crippen LogP contribution in [0.25, 0.3) is 0 Å². The summed E-state index contributed by atoms with van der Waals surface area (Å²) in [7, 11) is 2.65. The molecule has 0 saturated carbocycles. The lowest BCUT2D eigenvalue weighted by molar-refractivity contribution is -0.142. The molecular formula is C18H16BrClN2O6. The zero-order valence-electron chi connectivity index (χ0n) is 14.9. The SMILES string of the molecule is COC(=O)COc1c(Cl)cc(/C=N\NC(=O)c2cc(Br)ccc2O)cc1OC. The third-order valence-electron chi connectivity index (χ3n) is 3.40. The number of amides is 1. The van der Waals surface area contributed by atoms with Crippen LogP contribution in [0.4, 0.5) is 0 Å².